The van der Waals surface area contributed by atoms with Gasteiger partial charge in [-0.05, 0) is 46.6 Å². The lowest BCUT2D eigenvalue weighted by atomic mass is 10.1. The van der Waals surface area contributed by atoms with Crippen LogP contribution in [-0.2, 0) is 6.54 Å². The van der Waals surface area contributed by atoms with E-state index in [-0.39, 0.29) is 0 Å². The molecule has 0 saturated carbocycles. The molecule has 1 aliphatic heterocycles. The number of fused-ring (bicyclic) bond motifs is 1. The van der Waals surface area contributed by atoms with Crippen molar-refractivity contribution >= 4 is 11.0 Å². The molecule has 3 aromatic rings. The molecule has 4 rings (SSSR count). The van der Waals surface area contributed by atoms with Crippen molar-refractivity contribution in [2.24, 2.45) is 0 Å². The van der Waals surface area contributed by atoms with Crippen LogP contribution in [0.1, 0.15) is 24.1 Å². The van der Waals surface area contributed by atoms with E-state index < -0.39 is 0 Å². The molecular formula is C20H24N4O2. The van der Waals surface area contributed by atoms with Crippen LogP contribution < -0.4 is 4.74 Å². The van der Waals surface area contributed by atoms with Gasteiger partial charge in [-0.25, -0.2) is 4.63 Å². The van der Waals surface area contributed by atoms with E-state index in [4.69, 9.17) is 9.37 Å². The molecule has 0 aliphatic carbocycles. The first-order chi connectivity index (χ1) is 12.7. The van der Waals surface area contributed by atoms with Crippen molar-refractivity contribution in [1.82, 2.24) is 20.1 Å². The smallest absolute Gasteiger partial charge is 0.139 e. The molecule has 0 amide bonds. The van der Waals surface area contributed by atoms with E-state index in [1.165, 1.54) is 11.1 Å². The minimum absolute atomic E-state index is 0.385. The minimum atomic E-state index is 0.385. The summed E-state index contributed by atoms with van der Waals surface area (Å²) in [6.07, 6.45) is 0. The van der Waals surface area contributed by atoms with Gasteiger partial charge in [0.15, 0.2) is 0 Å². The molecule has 1 saturated heterocycles. The Balaban J connectivity index is 1.38. The van der Waals surface area contributed by atoms with Gasteiger partial charge >= 0.3 is 0 Å². The highest BCUT2D eigenvalue weighted by atomic mass is 16.6. The van der Waals surface area contributed by atoms with E-state index in [2.05, 4.69) is 51.3 Å². The highest BCUT2D eigenvalue weighted by molar-refractivity contribution is 5.76. The number of rotatable bonds is 5. The van der Waals surface area contributed by atoms with Gasteiger partial charge in [0.25, 0.3) is 0 Å². The van der Waals surface area contributed by atoms with Crippen molar-refractivity contribution in [3.8, 4) is 5.75 Å². The minimum Gasteiger partial charge on any atom is -0.497 e. The van der Waals surface area contributed by atoms with Gasteiger partial charge in [-0.15, -0.1) is 0 Å². The van der Waals surface area contributed by atoms with Crippen LogP contribution in [0.4, 0.5) is 0 Å². The molecule has 0 spiro atoms. The second kappa shape index (κ2) is 7.43. The third-order valence-electron chi connectivity index (χ3n) is 5.29. The van der Waals surface area contributed by atoms with Crippen LogP contribution >= 0.6 is 0 Å². The monoisotopic (exact) mass is 352 g/mol. The Bertz CT molecular complexity index is 871. The second-order valence-electron chi connectivity index (χ2n) is 6.81. The maximum atomic E-state index is 5.36. The van der Waals surface area contributed by atoms with Crippen LogP contribution in [0.2, 0.25) is 0 Å². The number of nitrogens with zero attached hydrogens (tertiary/aromatic N) is 4. The van der Waals surface area contributed by atoms with Crippen molar-refractivity contribution < 1.29 is 9.37 Å². The van der Waals surface area contributed by atoms with Crippen molar-refractivity contribution in [3.63, 3.8) is 0 Å². The van der Waals surface area contributed by atoms with Gasteiger partial charge in [-0.1, -0.05) is 24.3 Å². The SMILES string of the molecule is COc1cccc([C@@H](C)N2CCN(Cc3cccc4nonc34)CC2)c1. The van der Waals surface area contributed by atoms with E-state index in [9.17, 15) is 0 Å². The van der Waals surface area contributed by atoms with Crippen molar-refractivity contribution in [1.29, 1.82) is 0 Å². The Morgan fingerprint density at radius 3 is 2.69 bits per heavy atom. The highest BCUT2D eigenvalue weighted by Crippen LogP contribution is 2.25. The normalized spacial score (nSPS) is 17.5. The number of hydrogen-bond acceptors (Lipinski definition) is 6. The summed E-state index contributed by atoms with van der Waals surface area (Å²) < 4.78 is 10.2. The summed E-state index contributed by atoms with van der Waals surface area (Å²) in [5.74, 6) is 0.919. The molecule has 0 unspecified atom stereocenters. The van der Waals surface area contributed by atoms with Gasteiger partial charge in [0.05, 0.1) is 7.11 Å². The molecule has 6 heteroatoms. The average Bonchev–Trinajstić information content (AvgIpc) is 3.18. The first-order valence-corrected chi connectivity index (χ1v) is 9.05. The second-order valence-corrected chi connectivity index (χ2v) is 6.81. The van der Waals surface area contributed by atoms with Crippen LogP contribution in [0.25, 0.3) is 11.0 Å². The molecule has 2 aromatic carbocycles. The number of piperazine rings is 1. The standard InChI is InChI=1S/C20H24N4O2/c1-15(16-5-3-7-18(13-16)25-2)24-11-9-23(10-12-24)14-17-6-4-8-19-20(17)22-26-21-19/h3-8,13,15H,9-12,14H2,1-2H3/t15-/m1/s1. The molecule has 1 atom stereocenters. The first kappa shape index (κ1) is 17.0. The van der Waals surface area contributed by atoms with E-state index in [1.807, 2.05) is 18.2 Å². The zero-order chi connectivity index (χ0) is 17.9. The third-order valence-corrected chi connectivity index (χ3v) is 5.29. The molecule has 2 heterocycles. The molecule has 136 valence electrons. The predicted molar refractivity (Wildman–Crippen MR) is 100 cm³/mol. The number of ether oxygens (including phenoxy) is 1. The molecule has 26 heavy (non-hydrogen) atoms. The average molecular weight is 352 g/mol. The van der Waals surface area contributed by atoms with Crippen molar-refractivity contribution in [2.75, 3.05) is 33.3 Å². The zero-order valence-electron chi connectivity index (χ0n) is 15.3. The van der Waals surface area contributed by atoms with Crippen LogP contribution in [0.3, 0.4) is 0 Å². The zero-order valence-corrected chi connectivity index (χ0v) is 15.3. The number of benzene rings is 2. The molecule has 1 aliphatic rings. The summed E-state index contributed by atoms with van der Waals surface area (Å²) in [4.78, 5) is 5.00. The van der Waals surface area contributed by atoms with Gasteiger partial charge < -0.3 is 4.74 Å². The van der Waals surface area contributed by atoms with Gasteiger partial charge in [0.2, 0.25) is 0 Å². The number of methoxy groups -OCH3 is 1. The maximum absolute atomic E-state index is 5.36. The topological polar surface area (TPSA) is 54.6 Å². The fourth-order valence-corrected chi connectivity index (χ4v) is 3.65. The number of aromatic nitrogens is 2. The molecule has 0 bridgehead atoms. The Hall–Kier alpha value is -2.44. The Morgan fingerprint density at radius 1 is 1.08 bits per heavy atom. The van der Waals surface area contributed by atoms with Crippen LogP contribution in [0, 0.1) is 0 Å². The largest absolute Gasteiger partial charge is 0.497 e. The lowest BCUT2D eigenvalue weighted by Gasteiger charge is -2.38. The summed E-state index contributed by atoms with van der Waals surface area (Å²) in [6, 6.07) is 14.8. The quantitative estimate of drug-likeness (QED) is 0.703. The lowest BCUT2D eigenvalue weighted by Crippen LogP contribution is -2.46. The Kier molecular flexibility index (Phi) is 4.86. The van der Waals surface area contributed by atoms with E-state index >= 15 is 0 Å². The Labute approximate surface area is 153 Å². The fourth-order valence-electron chi connectivity index (χ4n) is 3.65. The molecular weight excluding hydrogens is 328 g/mol. The van der Waals surface area contributed by atoms with Crippen molar-refractivity contribution in [2.45, 2.75) is 19.5 Å². The van der Waals surface area contributed by atoms with Gasteiger partial charge in [0.1, 0.15) is 16.8 Å². The lowest BCUT2D eigenvalue weighted by molar-refractivity contribution is 0.0979. The van der Waals surface area contributed by atoms with Gasteiger partial charge in [0, 0.05) is 38.8 Å². The van der Waals surface area contributed by atoms with E-state index in [0.29, 0.717) is 6.04 Å². The third kappa shape index (κ3) is 3.43. The molecule has 0 N–H and O–H groups in total. The van der Waals surface area contributed by atoms with Gasteiger partial charge in [-0.3, -0.25) is 9.80 Å². The molecule has 1 fully saturated rings. The number of hydrogen-bond donors (Lipinski definition) is 0. The van der Waals surface area contributed by atoms with Gasteiger partial charge in [-0.2, -0.15) is 0 Å². The summed E-state index contributed by atoms with van der Waals surface area (Å²) in [5, 5.41) is 7.98. The van der Waals surface area contributed by atoms with E-state index in [1.54, 1.807) is 7.11 Å². The van der Waals surface area contributed by atoms with E-state index in [0.717, 1.165) is 49.5 Å². The summed E-state index contributed by atoms with van der Waals surface area (Å²) in [6.45, 7) is 7.32. The van der Waals surface area contributed by atoms with Crippen LogP contribution in [-0.4, -0.2) is 53.4 Å². The molecule has 0 radical (unpaired) electrons. The molecule has 1 aromatic heterocycles. The predicted octanol–water partition coefficient (Wildman–Crippen LogP) is 3.11. The fraction of sp³-hybridized carbons (Fsp3) is 0.400. The summed E-state index contributed by atoms with van der Waals surface area (Å²) in [7, 11) is 1.72. The summed E-state index contributed by atoms with van der Waals surface area (Å²) in [5.41, 5.74) is 4.18. The van der Waals surface area contributed by atoms with Crippen LogP contribution in [0.15, 0.2) is 47.1 Å². The first-order valence-electron chi connectivity index (χ1n) is 9.05. The molecule has 6 nitrogen and oxygen atoms in total. The Morgan fingerprint density at radius 2 is 1.88 bits per heavy atom. The maximum Gasteiger partial charge on any atom is 0.139 e. The van der Waals surface area contributed by atoms with Crippen molar-refractivity contribution in [3.05, 3.63) is 53.6 Å². The highest BCUT2D eigenvalue weighted by Gasteiger charge is 2.23. The summed E-state index contributed by atoms with van der Waals surface area (Å²) >= 11 is 0. The van der Waals surface area contributed by atoms with Crippen LogP contribution in [0.5, 0.6) is 5.75 Å².